The van der Waals surface area contributed by atoms with Crippen molar-refractivity contribution < 1.29 is 13.2 Å². The van der Waals surface area contributed by atoms with Gasteiger partial charge in [-0.3, -0.25) is 0 Å². The summed E-state index contributed by atoms with van der Waals surface area (Å²) in [6.45, 7) is 1.39. The second kappa shape index (κ2) is 1.72. The molecule has 7 heavy (non-hydrogen) atoms. The van der Waals surface area contributed by atoms with Crippen molar-refractivity contribution in [1.29, 1.82) is 0 Å². The van der Waals surface area contributed by atoms with Crippen LogP contribution in [0.3, 0.4) is 0 Å². The highest BCUT2D eigenvalue weighted by Crippen LogP contribution is 2.18. The largest absolute Gasteiger partial charge is 0.275 e. The Morgan fingerprint density at radius 1 is 1.43 bits per heavy atom. The molecule has 0 aliphatic heterocycles. The Balaban J connectivity index is 3.54. The van der Waals surface area contributed by atoms with Crippen LogP contribution in [0.1, 0.15) is 13.8 Å². The van der Waals surface area contributed by atoms with Crippen molar-refractivity contribution in [2.45, 2.75) is 25.9 Å². The average molecular weight is 112 g/mol. The molecule has 0 fully saturated rings. The molecule has 0 aliphatic rings. The highest BCUT2D eigenvalue weighted by Gasteiger charge is 2.29. The van der Waals surface area contributed by atoms with Gasteiger partial charge in [0.1, 0.15) is 0 Å². The minimum Gasteiger partial charge on any atom is -0.241 e. The number of alkyl halides is 3. The molecule has 0 rings (SSSR count). The first-order chi connectivity index (χ1) is 2.94. The van der Waals surface area contributed by atoms with Crippen LogP contribution in [0.5, 0.6) is 0 Å². The van der Waals surface area contributed by atoms with Gasteiger partial charge in [-0.05, 0) is 6.92 Å². The molecule has 0 heterocycles. The predicted molar refractivity (Wildman–Crippen MR) is 21.2 cm³/mol. The predicted octanol–water partition coefficient (Wildman–Crippen LogP) is 2.00. The summed E-state index contributed by atoms with van der Waals surface area (Å²) in [5.41, 5.74) is 0. The third-order valence-electron chi connectivity index (χ3n) is 0.698. The molecule has 0 saturated carbocycles. The maximum Gasteiger partial charge on any atom is 0.275 e. The quantitative estimate of drug-likeness (QED) is 0.486. The Kier molecular flexibility index (Phi) is 1.67. The zero-order chi connectivity index (χ0) is 6.08. The zero-order valence-corrected chi connectivity index (χ0v) is 4.21. The third-order valence-corrected chi connectivity index (χ3v) is 0.698. The number of hydrogen-bond acceptors (Lipinski definition) is 0. The van der Waals surface area contributed by atoms with Crippen LogP contribution in [0.2, 0.25) is 0 Å². The highest BCUT2D eigenvalue weighted by atomic mass is 19.3. The van der Waals surface area contributed by atoms with Crippen LogP contribution < -0.4 is 0 Å². The summed E-state index contributed by atoms with van der Waals surface area (Å²) < 4.78 is 34.4. The van der Waals surface area contributed by atoms with Crippen LogP contribution in [-0.4, -0.2) is 12.1 Å². The number of halogens is 3. The Bertz CT molecular complexity index is 52.4. The van der Waals surface area contributed by atoms with E-state index in [9.17, 15) is 13.2 Å². The van der Waals surface area contributed by atoms with E-state index in [0.717, 1.165) is 6.92 Å². The smallest absolute Gasteiger partial charge is 0.241 e. The molecule has 0 aliphatic carbocycles. The Morgan fingerprint density at radius 3 is 1.57 bits per heavy atom. The van der Waals surface area contributed by atoms with Gasteiger partial charge in [-0.1, -0.05) is 0 Å². The lowest BCUT2D eigenvalue weighted by atomic mass is 10.3. The monoisotopic (exact) mass is 112 g/mol. The first kappa shape index (κ1) is 6.79. The fourth-order valence-corrected chi connectivity index (χ4v) is 0. The molecule has 0 unspecified atom stereocenters. The number of hydrogen-bond donors (Lipinski definition) is 0. The summed E-state index contributed by atoms with van der Waals surface area (Å²) in [5.74, 6) is -3.17. The maximum absolute atomic E-state index is 11.5. The van der Waals surface area contributed by atoms with Gasteiger partial charge in [-0.15, -0.1) is 0 Å². The lowest BCUT2D eigenvalue weighted by molar-refractivity contribution is -0.0469. The van der Waals surface area contributed by atoms with Crippen LogP contribution in [-0.2, 0) is 0 Å². The normalized spacial score (nSPS) is 16.7. The van der Waals surface area contributed by atoms with Gasteiger partial charge in [-0.2, -0.15) is 0 Å². The second-order valence-electron chi connectivity index (χ2n) is 1.57. The van der Waals surface area contributed by atoms with E-state index in [-0.39, 0.29) is 0 Å². The molecule has 0 bridgehead atoms. The Morgan fingerprint density at radius 2 is 1.57 bits per heavy atom. The van der Waals surface area contributed by atoms with Gasteiger partial charge in [0, 0.05) is 6.92 Å². The van der Waals surface area contributed by atoms with Crippen molar-refractivity contribution in [3.05, 3.63) is 0 Å². The van der Waals surface area contributed by atoms with Crippen molar-refractivity contribution in [3.63, 3.8) is 0 Å². The van der Waals surface area contributed by atoms with Gasteiger partial charge >= 0.3 is 0 Å². The van der Waals surface area contributed by atoms with Crippen LogP contribution in [0.4, 0.5) is 13.2 Å². The SMILES string of the molecule is C[C@H](F)C(C)(F)F. The van der Waals surface area contributed by atoms with Gasteiger partial charge in [0.25, 0.3) is 5.92 Å². The van der Waals surface area contributed by atoms with E-state index < -0.39 is 12.1 Å². The molecule has 0 spiro atoms. The molecule has 0 saturated heterocycles. The molecule has 44 valence electrons. The number of rotatable bonds is 1. The van der Waals surface area contributed by atoms with E-state index in [0.29, 0.717) is 6.92 Å². The van der Waals surface area contributed by atoms with Gasteiger partial charge in [-0.25, -0.2) is 13.2 Å². The molecule has 0 aromatic heterocycles. The summed E-state index contributed by atoms with van der Waals surface area (Å²) in [6.07, 6.45) is -2.03. The molecule has 0 N–H and O–H groups in total. The van der Waals surface area contributed by atoms with E-state index in [1.165, 1.54) is 0 Å². The van der Waals surface area contributed by atoms with Gasteiger partial charge in [0.15, 0.2) is 6.17 Å². The first-order valence-corrected chi connectivity index (χ1v) is 1.96. The first-order valence-electron chi connectivity index (χ1n) is 1.96. The van der Waals surface area contributed by atoms with Crippen molar-refractivity contribution in [2.24, 2.45) is 0 Å². The van der Waals surface area contributed by atoms with Gasteiger partial charge in [0.2, 0.25) is 0 Å². The average Bonchev–Trinajstić information content (AvgIpc) is 1.31. The van der Waals surface area contributed by atoms with Crippen LogP contribution in [0, 0.1) is 0 Å². The van der Waals surface area contributed by atoms with E-state index in [1.54, 1.807) is 0 Å². The van der Waals surface area contributed by atoms with Gasteiger partial charge < -0.3 is 0 Å². The van der Waals surface area contributed by atoms with Crippen molar-refractivity contribution in [3.8, 4) is 0 Å². The zero-order valence-electron chi connectivity index (χ0n) is 4.21. The maximum atomic E-state index is 11.5. The van der Waals surface area contributed by atoms with Crippen LogP contribution in [0.15, 0.2) is 0 Å². The Hall–Kier alpha value is -0.210. The molecule has 0 aromatic rings. The van der Waals surface area contributed by atoms with Crippen molar-refractivity contribution in [2.75, 3.05) is 0 Å². The van der Waals surface area contributed by atoms with E-state index in [1.807, 2.05) is 0 Å². The second-order valence-corrected chi connectivity index (χ2v) is 1.57. The third kappa shape index (κ3) is 2.48. The van der Waals surface area contributed by atoms with Crippen molar-refractivity contribution >= 4 is 0 Å². The summed E-state index contributed by atoms with van der Waals surface area (Å²) in [4.78, 5) is 0. The van der Waals surface area contributed by atoms with E-state index in [4.69, 9.17) is 0 Å². The highest BCUT2D eigenvalue weighted by molar-refractivity contribution is 4.64. The molecule has 3 heteroatoms. The molecule has 0 aromatic carbocycles. The minimum absolute atomic E-state index is 0.553. The van der Waals surface area contributed by atoms with Gasteiger partial charge in [0.05, 0.1) is 0 Å². The van der Waals surface area contributed by atoms with Crippen LogP contribution >= 0.6 is 0 Å². The molecule has 0 radical (unpaired) electrons. The van der Waals surface area contributed by atoms with E-state index >= 15 is 0 Å². The topological polar surface area (TPSA) is 0 Å². The van der Waals surface area contributed by atoms with Crippen molar-refractivity contribution in [1.82, 2.24) is 0 Å². The molecular weight excluding hydrogens is 105 g/mol. The summed E-state index contributed by atoms with van der Waals surface area (Å²) >= 11 is 0. The van der Waals surface area contributed by atoms with E-state index in [2.05, 4.69) is 0 Å². The lowest BCUT2D eigenvalue weighted by Crippen LogP contribution is -2.21. The standard InChI is InChI=1S/C4H7F3/c1-3(5)4(2,6)7/h3H,1-2H3/t3-/m0/s1. The Labute approximate surface area is 40.3 Å². The lowest BCUT2D eigenvalue weighted by Gasteiger charge is -2.09. The molecule has 0 nitrogen and oxygen atoms in total. The summed E-state index contributed by atoms with van der Waals surface area (Å²) in [7, 11) is 0. The summed E-state index contributed by atoms with van der Waals surface area (Å²) in [5, 5.41) is 0. The summed E-state index contributed by atoms with van der Waals surface area (Å²) in [6, 6.07) is 0. The van der Waals surface area contributed by atoms with Crippen LogP contribution in [0.25, 0.3) is 0 Å². The molecular formula is C4H7F3. The fraction of sp³-hybridized carbons (Fsp3) is 1.00. The fourth-order valence-electron chi connectivity index (χ4n) is 0. The molecule has 1 atom stereocenters. The minimum atomic E-state index is -3.17. The molecule has 0 amide bonds.